The normalized spacial score (nSPS) is 12.8. The Balaban J connectivity index is 2.82. The number of aryl methyl sites for hydroxylation is 1. The molecule has 5 nitrogen and oxygen atoms in total. The van der Waals surface area contributed by atoms with Crippen molar-refractivity contribution in [1.82, 2.24) is 14.9 Å². The number of rotatable bonds is 6. The van der Waals surface area contributed by atoms with Crippen molar-refractivity contribution >= 4 is 5.82 Å². The molecule has 5 heteroatoms. The molecular formula is C12H23N5. The van der Waals surface area contributed by atoms with Gasteiger partial charge < -0.3 is 5.43 Å². The highest BCUT2D eigenvalue weighted by Gasteiger charge is 2.12. The Hall–Kier alpha value is -1.20. The van der Waals surface area contributed by atoms with Crippen LogP contribution in [0.1, 0.15) is 38.7 Å². The fraction of sp³-hybridized carbons (Fsp3) is 0.667. The van der Waals surface area contributed by atoms with Crippen molar-refractivity contribution in [1.29, 1.82) is 0 Å². The average Bonchev–Trinajstić information content (AvgIpc) is 2.34. The Morgan fingerprint density at radius 3 is 2.65 bits per heavy atom. The maximum atomic E-state index is 5.38. The summed E-state index contributed by atoms with van der Waals surface area (Å²) in [5, 5.41) is 0. The topological polar surface area (TPSA) is 67.1 Å². The van der Waals surface area contributed by atoms with Crippen LogP contribution in [0.25, 0.3) is 0 Å². The number of nitrogens with two attached hydrogens (primary N) is 1. The molecule has 0 radical (unpaired) electrons. The van der Waals surface area contributed by atoms with E-state index in [1.807, 2.05) is 13.0 Å². The second-order valence-corrected chi connectivity index (χ2v) is 4.28. The van der Waals surface area contributed by atoms with E-state index >= 15 is 0 Å². The lowest BCUT2D eigenvalue weighted by Crippen LogP contribution is -2.32. The van der Waals surface area contributed by atoms with Crippen molar-refractivity contribution in [2.45, 2.75) is 46.7 Å². The zero-order valence-electron chi connectivity index (χ0n) is 11.2. The van der Waals surface area contributed by atoms with Gasteiger partial charge in [0.25, 0.3) is 0 Å². The molecule has 1 unspecified atom stereocenters. The number of nitrogens with zero attached hydrogens (tertiary/aromatic N) is 3. The van der Waals surface area contributed by atoms with E-state index in [0.29, 0.717) is 11.9 Å². The summed E-state index contributed by atoms with van der Waals surface area (Å²) in [6.07, 6.45) is 1.13. The van der Waals surface area contributed by atoms with Gasteiger partial charge >= 0.3 is 0 Å². The molecule has 1 aromatic heterocycles. The highest BCUT2D eigenvalue weighted by atomic mass is 15.3. The van der Waals surface area contributed by atoms with Gasteiger partial charge in [0.05, 0.1) is 6.54 Å². The van der Waals surface area contributed by atoms with E-state index in [0.717, 1.165) is 31.0 Å². The molecule has 96 valence electrons. The van der Waals surface area contributed by atoms with E-state index in [-0.39, 0.29) is 0 Å². The standard InChI is InChI=1S/C12H23N5/c1-5-10(4)17(6-2)8-12-14-9(3)7-11(15-12)16-13/h7,10H,5-6,8,13H2,1-4H3,(H,14,15,16). The average molecular weight is 237 g/mol. The minimum absolute atomic E-state index is 0.540. The number of nitrogen functional groups attached to an aromatic ring is 1. The van der Waals surface area contributed by atoms with Crippen LogP contribution < -0.4 is 11.3 Å². The van der Waals surface area contributed by atoms with E-state index in [2.05, 4.69) is 41.1 Å². The summed E-state index contributed by atoms with van der Waals surface area (Å²) in [6.45, 7) is 10.3. The van der Waals surface area contributed by atoms with Gasteiger partial charge in [-0.2, -0.15) is 0 Å². The quantitative estimate of drug-likeness (QED) is 0.582. The molecule has 17 heavy (non-hydrogen) atoms. The first-order valence-corrected chi connectivity index (χ1v) is 6.15. The molecule has 3 N–H and O–H groups in total. The second-order valence-electron chi connectivity index (χ2n) is 4.28. The first kappa shape index (κ1) is 13.9. The number of anilines is 1. The van der Waals surface area contributed by atoms with Crippen molar-refractivity contribution in [2.24, 2.45) is 5.84 Å². The lowest BCUT2D eigenvalue weighted by atomic mass is 10.2. The van der Waals surface area contributed by atoms with Gasteiger partial charge in [-0.1, -0.05) is 13.8 Å². The fourth-order valence-electron chi connectivity index (χ4n) is 1.79. The van der Waals surface area contributed by atoms with Gasteiger partial charge in [0.2, 0.25) is 0 Å². The van der Waals surface area contributed by atoms with Crippen molar-refractivity contribution < 1.29 is 0 Å². The SMILES string of the molecule is CCC(C)N(CC)Cc1nc(C)cc(NN)n1. The Kier molecular flexibility index (Phi) is 5.31. The van der Waals surface area contributed by atoms with Crippen LogP contribution in [0.5, 0.6) is 0 Å². The predicted octanol–water partition coefficient (Wildman–Crippen LogP) is 1.69. The van der Waals surface area contributed by atoms with Gasteiger partial charge in [-0.25, -0.2) is 15.8 Å². The van der Waals surface area contributed by atoms with Crippen LogP contribution in [-0.4, -0.2) is 27.5 Å². The Labute approximate surface area is 103 Å². The van der Waals surface area contributed by atoms with Crippen molar-refractivity contribution in [2.75, 3.05) is 12.0 Å². The van der Waals surface area contributed by atoms with E-state index < -0.39 is 0 Å². The molecule has 0 spiro atoms. The van der Waals surface area contributed by atoms with Gasteiger partial charge in [-0.05, 0) is 26.8 Å². The highest BCUT2D eigenvalue weighted by molar-refractivity contribution is 5.33. The Morgan fingerprint density at radius 1 is 1.41 bits per heavy atom. The molecule has 0 saturated heterocycles. The van der Waals surface area contributed by atoms with Gasteiger partial charge in [-0.15, -0.1) is 0 Å². The molecule has 0 aliphatic heterocycles. The van der Waals surface area contributed by atoms with Crippen LogP contribution in [0.3, 0.4) is 0 Å². The van der Waals surface area contributed by atoms with Crippen LogP contribution in [0.15, 0.2) is 6.07 Å². The maximum Gasteiger partial charge on any atom is 0.145 e. The van der Waals surface area contributed by atoms with Crippen LogP contribution in [0.2, 0.25) is 0 Å². The summed E-state index contributed by atoms with van der Waals surface area (Å²) < 4.78 is 0. The summed E-state index contributed by atoms with van der Waals surface area (Å²) in [6, 6.07) is 2.38. The summed E-state index contributed by atoms with van der Waals surface area (Å²) in [7, 11) is 0. The molecular weight excluding hydrogens is 214 g/mol. The molecule has 0 aliphatic rings. The summed E-state index contributed by atoms with van der Waals surface area (Å²) >= 11 is 0. The third-order valence-electron chi connectivity index (χ3n) is 3.01. The third kappa shape index (κ3) is 3.94. The van der Waals surface area contributed by atoms with Crippen molar-refractivity contribution in [3.8, 4) is 0 Å². The molecule has 1 atom stereocenters. The third-order valence-corrected chi connectivity index (χ3v) is 3.01. The molecule has 1 rings (SSSR count). The molecule has 0 aliphatic carbocycles. The molecule has 1 heterocycles. The van der Waals surface area contributed by atoms with Crippen molar-refractivity contribution in [3.63, 3.8) is 0 Å². The van der Waals surface area contributed by atoms with E-state index in [1.54, 1.807) is 0 Å². The molecule has 0 saturated carbocycles. The maximum absolute atomic E-state index is 5.38. The Morgan fingerprint density at radius 2 is 2.12 bits per heavy atom. The molecule has 0 amide bonds. The lowest BCUT2D eigenvalue weighted by molar-refractivity contribution is 0.201. The summed E-state index contributed by atoms with van der Waals surface area (Å²) in [4.78, 5) is 11.2. The first-order chi connectivity index (χ1) is 8.10. The minimum atomic E-state index is 0.540. The largest absolute Gasteiger partial charge is 0.308 e. The summed E-state index contributed by atoms with van der Waals surface area (Å²) in [5.74, 6) is 6.88. The van der Waals surface area contributed by atoms with Gasteiger partial charge in [0.15, 0.2) is 0 Å². The summed E-state index contributed by atoms with van der Waals surface area (Å²) in [5.41, 5.74) is 3.51. The number of nitrogens with one attached hydrogen (secondary N) is 1. The molecule has 1 aromatic rings. The van der Waals surface area contributed by atoms with E-state index in [1.165, 1.54) is 0 Å². The monoisotopic (exact) mass is 237 g/mol. The van der Waals surface area contributed by atoms with Crippen molar-refractivity contribution in [3.05, 3.63) is 17.6 Å². The molecule has 0 fully saturated rings. The van der Waals surface area contributed by atoms with Crippen LogP contribution >= 0.6 is 0 Å². The second kappa shape index (κ2) is 6.51. The fourth-order valence-corrected chi connectivity index (χ4v) is 1.79. The highest BCUT2D eigenvalue weighted by Crippen LogP contribution is 2.10. The molecule has 0 bridgehead atoms. The molecule has 0 aromatic carbocycles. The lowest BCUT2D eigenvalue weighted by Gasteiger charge is -2.26. The van der Waals surface area contributed by atoms with E-state index in [4.69, 9.17) is 5.84 Å². The Bertz CT molecular complexity index is 353. The zero-order valence-corrected chi connectivity index (χ0v) is 11.2. The first-order valence-electron chi connectivity index (χ1n) is 6.15. The number of aromatic nitrogens is 2. The van der Waals surface area contributed by atoms with Gasteiger partial charge in [0, 0.05) is 17.8 Å². The van der Waals surface area contributed by atoms with Crippen LogP contribution in [0, 0.1) is 6.92 Å². The minimum Gasteiger partial charge on any atom is -0.308 e. The number of hydrogen-bond acceptors (Lipinski definition) is 5. The zero-order chi connectivity index (χ0) is 12.8. The predicted molar refractivity (Wildman–Crippen MR) is 70.4 cm³/mol. The van der Waals surface area contributed by atoms with E-state index in [9.17, 15) is 0 Å². The van der Waals surface area contributed by atoms with Gasteiger partial charge in [-0.3, -0.25) is 4.90 Å². The van der Waals surface area contributed by atoms with Gasteiger partial charge in [0.1, 0.15) is 11.6 Å². The van der Waals surface area contributed by atoms with Crippen LogP contribution in [-0.2, 0) is 6.54 Å². The smallest absolute Gasteiger partial charge is 0.145 e. The number of hydrogen-bond donors (Lipinski definition) is 2. The number of hydrazine groups is 1. The van der Waals surface area contributed by atoms with Crippen LogP contribution in [0.4, 0.5) is 5.82 Å².